The lowest BCUT2D eigenvalue weighted by Crippen LogP contribution is -2.09. The maximum absolute atomic E-state index is 13.3. The number of nitrogens with zero attached hydrogens (tertiary/aromatic N) is 1. The van der Waals surface area contributed by atoms with E-state index in [1.807, 2.05) is 18.2 Å². The number of alkyl halides is 1. The highest BCUT2D eigenvalue weighted by Gasteiger charge is 2.13. The number of para-hydroxylation sites is 1. The van der Waals surface area contributed by atoms with E-state index in [0.29, 0.717) is 16.9 Å². The molecule has 0 fully saturated rings. The number of aromatic amines is 1. The Kier molecular flexibility index (Phi) is 4.39. The van der Waals surface area contributed by atoms with Crippen LogP contribution in [0, 0.1) is 5.82 Å². The first-order valence-electron chi connectivity index (χ1n) is 6.95. The average Bonchev–Trinajstić information content (AvgIpc) is 2.96. The van der Waals surface area contributed by atoms with Gasteiger partial charge in [0.25, 0.3) is 0 Å². The Hall–Kier alpha value is -2.66. The topological polar surface area (TPSA) is 57.8 Å². The molecule has 0 atom stereocenters. The summed E-state index contributed by atoms with van der Waals surface area (Å²) in [6.45, 7) is 0. The lowest BCUT2D eigenvalue weighted by molar-refractivity contribution is -0.111. The number of benzene rings is 2. The maximum atomic E-state index is 13.3. The van der Waals surface area contributed by atoms with Crippen molar-refractivity contribution in [3.63, 3.8) is 0 Å². The number of carbonyl (C=O) groups excluding carboxylic acids is 1. The highest BCUT2D eigenvalue weighted by atomic mass is 35.5. The van der Waals surface area contributed by atoms with Crippen molar-refractivity contribution in [1.82, 2.24) is 10.2 Å². The zero-order valence-corrected chi connectivity index (χ0v) is 12.8. The molecule has 0 spiro atoms. The van der Waals surface area contributed by atoms with Crippen molar-refractivity contribution in [3.05, 3.63) is 60.4 Å². The van der Waals surface area contributed by atoms with E-state index in [2.05, 4.69) is 15.5 Å². The number of amides is 1. The number of hydrogen-bond acceptors (Lipinski definition) is 2. The van der Waals surface area contributed by atoms with Gasteiger partial charge >= 0.3 is 0 Å². The fourth-order valence-electron chi connectivity index (χ4n) is 2.32. The zero-order chi connectivity index (χ0) is 16.2. The Morgan fingerprint density at radius 1 is 1.30 bits per heavy atom. The Morgan fingerprint density at radius 3 is 2.96 bits per heavy atom. The van der Waals surface area contributed by atoms with Gasteiger partial charge in [0.2, 0.25) is 5.91 Å². The van der Waals surface area contributed by atoms with Crippen LogP contribution in [0.5, 0.6) is 0 Å². The molecule has 2 N–H and O–H groups in total. The van der Waals surface area contributed by atoms with Gasteiger partial charge in [0.05, 0.1) is 11.2 Å². The van der Waals surface area contributed by atoms with Crippen molar-refractivity contribution >= 4 is 34.1 Å². The van der Waals surface area contributed by atoms with Gasteiger partial charge in [-0.25, -0.2) is 4.39 Å². The Bertz CT molecular complexity index is 888. The van der Waals surface area contributed by atoms with E-state index in [-0.39, 0.29) is 17.6 Å². The number of halogens is 2. The molecule has 0 aliphatic rings. The second-order valence-electron chi connectivity index (χ2n) is 4.85. The Balaban J connectivity index is 2.02. The number of fused-ring (bicyclic) bond motifs is 1. The van der Waals surface area contributed by atoms with Crippen LogP contribution in [0.1, 0.15) is 0 Å². The van der Waals surface area contributed by atoms with Gasteiger partial charge in [0.1, 0.15) is 11.5 Å². The molecule has 6 heteroatoms. The number of nitrogens with one attached hydrogen (secondary N) is 2. The highest BCUT2D eigenvalue weighted by molar-refractivity contribution is 6.19. The van der Waals surface area contributed by atoms with Gasteiger partial charge in [-0.2, -0.15) is 5.10 Å². The monoisotopic (exact) mass is 329 g/mol. The average molecular weight is 330 g/mol. The van der Waals surface area contributed by atoms with Gasteiger partial charge in [-0.05, 0) is 24.3 Å². The van der Waals surface area contributed by atoms with E-state index < -0.39 is 0 Å². The third-order valence-corrected chi connectivity index (χ3v) is 3.50. The summed E-state index contributed by atoms with van der Waals surface area (Å²) in [5.41, 5.74) is 2.62. The molecule has 0 bridgehead atoms. The molecule has 4 nitrogen and oxygen atoms in total. The molecular formula is C17H13ClFN3O. The van der Waals surface area contributed by atoms with Crippen LogP contribution in [-0.2, 0) is 4.79 Å². The molecule has 0 aliphatic heterocycles. The minimum Gasteiger partial charge on any atom is -0.322 e. The van der Waals surface area contributed by atoms with Crippen molar-refractivity contribution in [2.45, 2.75) is 0 Å². The standard InChI is InChI=1S/C17H13ClFN3O/c18-9-3-6-16(23)20-14-5-2-1-4-12(14)17-13-8-7-11(19)10-15(13)21-22-17/h1-8,10H,9H2,(H,20,23)(H,21,22)/b6-3+. The number of H-pyrrole nitrogens is 1. The normalized spacial score (nSPS) is 11.2. The summed E-state index contributed by atoms with van der Waals surface area (Å²) in [4.78, 5) is 11.9. The largest absolute Gasteiger partial charge is 0.322 e. The quantitative estimate of drug-likeness (QED) is 0.559. The number of rotatable bonds is 4. The van der Waals surface area contributed by atoms with Crippen LogP contribution < -0.4 is 5.32 Å². The van der Waals surface area contributed by atoms with E-state index in [4.69, 9.17) is 11.6 Å². The predicted octanol–water partition coefficient (Wildman–Crippen LogP) is 4.10. The van der Waals surface area contributed by atoms with Crippen molar-refractivity contribution in [1.29, 1.82) is 0 Å². The molecule has 1 amide bonds. The van der Waals surface area contributed by atoms with Gasteiger partial charge < -0.3 is 5.32 Å². The van der Waals surface area contributed by atoms with E-state index >= 15 is 0 Å². The third kappa shape index (κ3) is 3.24. The number of hydrogen-bond donors (Lipinski definition) is 2. The molecule has 3 aromatic rings. The van der Waals surface area contributed by atoms with Crippen LogP contribution in [-0.4, -0.2) is 22.0 Å². The van der Waals surface area contributed by atoms with Crippen LogP contribution in [0.15, 0.2) is 54.6 Å². The first kappa shape index (κ1) is 15.2. The maximum Gasteiger partial charge on any atom is 0.248 e. The van der Waals surface area contributed by atoms with Crippen molar-refractivity contribution in [2.75, 3.05) is 11.2 Å². The molecule has 3 rings (SSSR count). The molecule has 23 heavy (non-hydrogen) atoms. The van der Waals surface area contributed by atoms with Crippen molar-refractivity contribution in [3.8, 4) is 11.3 Å². The lowest BCUT2D eigenvalue weighted by Gasteiger charge is -2.08. The van der Waals surface area contributed by atoms with E-state index in [9.17, 15) is 9.18 Å². The van der Waals surface area contributed by atoms with Crippen LogP contribution >= 0.6 is 11.6 Å². The molecule has 2 aromatic carbocycles. The van der Waals surface area contributed by atoms with E-state index in [1.54, 1.807) is 18.2 Å². The van der Waals surface area contributed by atoms with Crippen molar-refractivity contribution in [2.24, 2.45) is 0 Å². The Morgan fingerprint density at radius 2 is 2.13 bits per heavy atom. The fourth-order valence-corrected chi connectivity index (χ4v) is 2.41. The van der Waals surface area contributed by atoms with E-state index in [1.165, 1.54) is 18.2 Å². The first-order chi connectivity index (χ1) is 11.2. The molecule has 116 valence electrons. The number of allylic oxidation sites excluding steroid dienone is 1. The molecule has 0 aliphatic carbocycles. The minimum atomic E-state index is -0.333. The summed E-state index contributed by atoms with van der Waals surface area (Å²) in [6, 6.07) is 11.7. The number of anilines is 1. The molecule has 0 unspecified atom stereocenters. The van der Waals surface area contributed by atoms with Crippen LogP contribution in [0.2, 0.25) is 0 Å². The summed E-state index contributed by atoms with van der Waals surface area (Å²) in [5, 5.41) is 10.6. The highest BCUT2D eigenvalue weighted by Crippen LogP contribution is 2.32. The van der Waals surface area contributed by atoms with Crippen LogP contribution in [0.3, 0.4) is 0 Å². The molecule has 0 saturated carbocycles. The van der Waals surface area contributed by atoms with Gasteiger partial charge in [-0.1, -0.05) is 24.3 Å². The first-order valence-corrected chi connectivity index (χ1v) is 7.49. The van der Waals surface area contributed by atoms with Gasteiger partial charge in [-0.3, -0.25) is 9.89 Å². The van der Waals surface area contributed by atoms with Crippen LogP contribution in [0.4, 0.5) is 10.1 Å². The Labute approximate surface area is 137 Å². The smallest absolute Gasteiger partial charge is 0.248 e. The SMILES string of the molecule is O=C(/C=C/CCl)Nc1ccccc1-c1n[nH]c2cc(F)ccc12. The van der Waals surface area contributed by atoms with Gasteiger partial charge in [-0.15, -0.1) is 11.6 Å². The summed E-state index contributed by atoms with van der Waals surface area (Å²) in [7, 11) is 0. The summed E-state index contributed by atoms with van der Waals surface area (Å²) >= 11 is 5.53. The number of aromatic nitrogens is 2. The summed E-state index contributed by atoms with van der Waals surface area (Å²) in [6.07, 6.45) is 2.94. The summed E-state index contributed by atoms with van der Waals surface area (Å²) in [5.74, 6) is -0.338. The second-order valence-corrected chi connectivity index (χ2v) is 5.16. The van der Waals surface area contributed by atoms with Gasteiger partial charge in [0, 0.05) is 22.9 Å². The summed E-state index contributed by atoms with van der Waals surface area (Å²) < 4.78 is 13.3. The molecular weight excluding hydrogens is 317 g/mol. The van der Waals surface area contributed by atoms with E-state index in [0.717, 1.165) is 10.9 Å². The predicted molar refractivity (Wildman–Crippen MR) is 90.0 cm³/mol. The van der Waals surface area contributed by atoms with Crippen LogP contribution in [0.25, 0.3) is 22.2 Å². The number of carbonyl (C=O) groups is 1. The molecule has 1 heterocycles. The molecule has 0 radical (unpaired) electrons. The second kappa shape index (κ2) is 6.62. The zero-order valence-electron chi connectivity index (χ0n) is 12.0. The lowest BCUT2D eigenvalue weighted by atomic mass is 10.1. The minimum absolute atomic E-state index is 0.268. The molecule has 0 saturated heterocycles. The van der Waals surface area contributed by atoms with Crippen molar-refractivity contribution < 1.29 is 9.18 Å². The molecule has 1 aromatic heterocycles. The fraction of sp³-hybridized carbons (Fsp3) is 0.0588. The van der Waals surface area contributed by atoms with Gasteiger partial charge in [0.15, 0.2) is 0 Å². The third-order valence-electron chi connectivity index (χ3n) is 3.32.